The number of likely N-dealkylation sites (N-methyl/N-ethyl adjacent to an activating group) is 1. The number of pyridine rings is 2. The van der Waals surface area contributed by atoms with Crippen LogP contribution in [-0.2, 0) is 13.0 Å². The lowest BCUT2D eigenvalue weighted by Gasteiger charge is -2.36. The molecule has 1 atom stereocenters. The van der Waals surface area contributed by atoms with Gasteiger partial charge in [0.2, 0.25) is 5.88 Å². The highest BCUT2D eigenvalue weighted by molar-refractivity contribution is 5.93. The average molecular weight is 520 g/mol. The van der Waals surface area contributed by atoms with Gasteiger partial charge in [0, 0.05) is 73.4 Å². The number of nitrogens with zero attached hydrogens (tertiary/aromatic N) is 6. The Labute approximate surface area is 224 Å². The van der Waals surface area contributed by atoms with Crippen LogP contribution in [0.1, 0.15) is 29.5 Å². The first-order valence-corrected chi connectivity index (χ1v) is 13.0. The van der Waals surface area contributed by atoms with Gasteiger partial charge in [0.15, 0.2) is 0 Å². The molecule has 6 rings (SSSR count). The number of piperazine rings is 1. The van der Waals surface area contributed by atoms with Gasteiger partial charge in [-0.25, -0.2) is 0 Å². The van der Waals surface area contributed by atoms with Crippen molar-refractivity contribution >= 4 is 34.7 Å². The molecule has 0 aliphatic carbocycles. The number of halogens is 1. The lowest BCUT2D eigenvalue weighted by molar-refractivity contribution is 0.193. The zero-order chi connectivity index (χ0) is 24.5. The summed E-state index contributed by atoms with van der Waals surface area (Å²) in [7, 11) is 2.15. The number of anilines is 2. The Morgan fingerprint density at radius 1 is 1.08 bits per heavy atom. The van der Waals surface area contributed by atoms with Crippen LogP contribution in [0.5, 0.6) is 5.88 Å². The van der Waals surface area contributed by atoms with Crippen molar-refractivity contribution in [2.24, 2.45) is 0 Å². The van der Waals surface area contributed by atoms with Gasteiger partial charge in [0.25, 0.3) is 0 Å². The largest absolute Gasteiger partial charge is 0.475 e. The molecular formula is C28H34ClN7O. The molecule has 3 aliphatic rings. The summed E-state index contributed by atoms with van der Waals surface area (Å²) in [5.74, 6) is 1.49. The number of nitriles is 1. The molecule has 0 amide bonds. The second-order valence-electron chi connectivity index (χ2n) is 10.1. The third kappa shape index (κ3) is 4.91. The summed E-state index contributed by atoms with van der Waals surface area (Å²) < 4.78 is 6.34. The lowest BCUT2D eigenvalue weighted by Crippen LogP contribution is -2.45. The number of ether oxygens (including phenoxy) is 1. The standard InChI is InChI=1S/C28H33N7O.ClH/c1-33-11-4-6-21(33)19-36-28-24(15-29)25-18-35(26-17-31-16-20-5-2-3-7-22(20)26)12-8-23(25)27(32-28)34-13-9-30-10-14-34;/h2-3,5,7,16-17,21,30H,4,6,8-14,18-19H2,1H3;1H/t21-;/m0./s1. The van der Waals surface area contributed by atoms with Gasteiger partial charge in [-0.1, -0.05) is 24.3 Å². The highest BCUT2D eigenvalue weighted by Crippen LogP contribution is 2.38. The van der Waals surface area contributed by atoms with Gasteiger partial charge in [-0.15, -0.1) is 12.4 Å². The minimum absolute atomic E-state index is 0. The molecule has 0 saturated carbocycles. The second kappa shape index (κ2) is 11.1. The first-order valence-electron chi connectivity index (χ1n) is 13.0. The number of rotatable bonds is 5. The maximum Gasteiger partial charge on any atom is 0.234 e. The summed E-state index contributed by atoms with van der Waals surface area (Å²) in [6.07, 6.45) is 7.01. The summed E-state index contributed by atoms with van der Waals surface area (Å²) in [4.78, 5) is 16.6. The van der Waals surface area contributed by atoms with E-state index in [-0.39, 0.29) is 12.4 Å². The van der Waals surface area contributed by atoms with Crippen LogP contribution in [0.2, 0.25) is 0 Å². The minimum atomic E-state index is 0. The van der Waals surface area contributed by atoms with E-state index in [0.717, 1.165) is 74.6 Å². The predicted molar refractivity (Wildman–Crippen MR) is 149 cm³/mol. The Hall–Kier alpha value is -3.12. The summed E-state index contributed by atoms with van der Waals surface area (Å²) in [6, 6.07) is 11.2. The van der Waals surface area contributed by atoms with Gasteiger partial charge < -0.3 is 24.8 Å². The summed E-state index contributed by atoms with van der Waals surface area (Å²) in [6.45, 7) is 6.86. The highest BCUT2D eigenvalue weighted by Gasteiger charge is 2.30. The van der Waals surface area contributed by atoms with Crippen LogP contribution in [0, 0.1) is 11.3 Å². The zero-order valence-corrected chi connectivity index (χ0v) is 22.1. The van der Waals surface area contributed by atoms with Crippen molar-refractivity contribution < 1.29 is 4.74 Å². The maximum atomic E-state index is 10.3. The van der Waals surface area contributed by atoms with Crippen LogP contribution in [0.25, 0.3) is 10.8 Å². The summed E-state index contributed by atoms with van der Waals surface area (Å²) in [5.41, 5.74) is 3.94. The molecule has 9 heteroatoms. The molecular weight excluding hydrogens is 486 g/mol. The molecule has 2 aromatic heterocycles. The molecule has 3 aliphatic heterocycles. The fourth-order valence-corrected chi connectivity index (χ4v) is 5.87. The van der Waals surface area contributed by atoms with Crippen molar-refractivity contribution in [1.82, 2.24) is 20.2 Å². The molecule has 1 aromatic carbocycles. The quantitative estimate of drug-likeness (QED) is 0.549. The molecule has 0 spiro atoms. The molecule has 37 heavy (non-hydrogen) atoms. The number of likely N-dealkylation sites (tertiary alicyclic amines) is 1. The van der Waals surface area contributed by atoms with Crippen LogP contribution in [0.4, 0.5) is 11.5 Å². The van der Waals surface area contributed by atoms with E-state index < -0.39 is 0 Å². The maximum absolute atomic E-state index is 10.3. The smallest absolute Gasteiger partial charge is 0.234 e. The summed E-state index contributed by atoms with van der Waals surface area (Å²) >= 11 is 0. The first-order chi connectivity index (χ1) is 17.7. The van der Waals surface area contributed by atoms with Crippen molar-refractivity contribution in [3.8, 4) is 11.9 Å². The first kappa shape index (κ1) is 25.5. The van der Waals surface area contributed by atoms with E-state index in [1.807, 2.05) is 18.5 Å². The molecule has 0 unspecified atom stereocenters. The molecule has 0 radical (unpaired) electrons. The fraction of sp³-hybridized carbons (Fsp3) is 0.464. The van der Waals surface area contributed by atoms with Crippen LogP contribution in [-0.4, -0.2) is 73.8 Å². The van der Waals surface area contributed by atoms with Crippen molar-refractivity contribution in [3.63, 3.8) is 0 Å². The molecule has 194 valence electrons. The number of aromatic nitrogens is 2. The molecule has 5 heterocycles. The Morgan fingerprint density at radius 3 is 2.70 bits per heavy atom. The predicted octanol–water partition coefficient (Wildman–Crippen LogP) is 3.37. The van der Waals surface area contributed by atoms with Crippen molar-refractivity contribution in [1.29, 1.82) is 5.26 Å². The molecule has 0 bridgehead atoms. The lowest BCUT2D eigenvalue weighted by atomic mass is 9.95. The van der Waals surface area contributed by atoms with Crippen LogP contribution in [0.15, 0.2) is 36.7 Å². The van der Waals surface area contributed by atoms with E-state index in [1.54, 1.807) is 0 Å². The van der Waals surface area contributed by atoms with Gasteiger partial charge in [-0.2, -0.15) is 10.2 Å². The molecule has 8 nitrogen and oxygen atoms in total. The fourth-order valence-electron chi connectivity index (χ4n) is 5.87. The highest BCUT2D eigenvalue weighted by atomic mass is 35.5. The summed E-state index contributed by atoms with van der Waals surface area (Å²) in [5, 5.41) is 16.1. The normalized spacial score (nSPS) is 19.8. The van der Waals surface area contributed by atoms with E-state index in [2.05, 4.69) is 56.3 Å². The second-order valence-corrected chi connectivity index (χ2v) is 10.1. The average Bonchev–Trinajstić information content (AvgIpc) is 3.35. The van der Waals surface area contributed by atoms with Crippen LogP contribution >= 0.6 is 12.4 Å². The molecule has 1 N–H and O–H groups in total. The van der Waals surface area contributed by atoms with Gasteiger partial charge in [-0.05, 0) is 32.9 Å². The van der Waals surface area contributed by atoms with E-state index in [0.29, 0.717) is 30.6 Å². The Balaban J connectivity index is 0.00000280. The monoisotopic (exact) mass is 519 g/mol. The van der Waals surface area contributed by atoms with Gasteiger partial charge in [0.1, 0.15) is 24.1 Å². The number of nitrogens with one attached hydrogen (secondary N) is 1. The van der Waals surface area contributed by atoms with E-state index in [4.69, 9.17) is 9.72 Å². The minimum Gasteiger partial charge on any atom is -0.475 e. The molecule has 3 aromatic rings. The zero-order valence-electron chi connectivity index (χ0n) is 21.3. The SMILES string of the molecule is CN1CCC[C@H]1COc1nc(N2CCNCC2)c2c(c1C#N)CN(c1cncc3ccccc13)CC2.Cl. The van der Waals surface area contributed by atoms with Gasteiger partial charge in [-0.3, -0.25) is 4.98 Å². The van der Waals surface area contributed by atoms with E-state index in [1.165, 1.54) is 17.4 Å². The Bertz CT molecular complexity index is 1300. The Kier molecular flexibility index (Phi) is 7.65. The number of benzene rings is 1. The van der Waals surface area contributed by atoms with Crippen LogP contribution in [0.3, 0.4) is 0 Å². The number of hydrogen-bond acceptors (Lipinski definition) is 8. The van der Waals surface area contributed by atoms with Gasteiger partial charge >= 0.3 is 0 Å². The third-order valence-electron chi connectivity index (χ3n) is 7.94. The van der Waals surface area contributed by atoms with E-state index >= 15 is 0 Å². The molecule has 2 saturated heterocycles. The molecule has 2 fully saturated rings. The van der Waals surface area contributed by atoms with Crippen LogP contribution < -0.4 is 19.9 Å². The van der Waals surface area contributed by atoms with Crippen molar-refractivity contribution in [2.45, 2.75) is 31.8 Å². The van der Waals surface area contributed by atoms with E-state index in [9.17, 15) is 5.26 Å². The number of hydrogen-bond donors (Lipinski definition) is 1. The van der Waals surface area contributed by atoms with Gasteiger partial charge in [0.05, 0.1) is 11.9 Å². The van der Waals surface area contributed by atoms with Crippen molar-refractivity contribution in [3.05, 3.63) is 53.3 Å². The van der Waals surface area contributed by atoms with Crippen molar-refractivity contribution in [2.75, 3.05) is 62.7 Å². The Morgan fingerprint density at radius 2 is 1.92 bits per heavy atom. The third-order valence-corrected chi connectivity index (χ3v) is 7.94. The number of fused-ring (bicyclic) bond motifs is 2. The topological polar surface area (TPSA) is 80.5 Å².